The van der Waals surface area contributed by atoms with Gasteiger partial charge >= 0.3 is 5.97 Å². The van der Waals surface area contributed by atoms with Crippen molar-refractivity contribution in [3.05, 3.63) is 29.3 Å². The molecule has 1 aliphatic rings. The second-order valence-electron chi connectivity index (χ2n) is 4.83. The van der Waals surface area contributed by atoms with Crippen molar-refractivity contribution in [2.45, 2.75) is 19.5 Å². The van der Waals surface area contributed by atoms with Crippen LogP contribution in [0.1, 0.15) is 11.1 Å². The zero-order valence-electron chi connectivity index (χ0n) is 11.3. The van der Waals surface area contributed by atoms with Gasteiger partial charge in [0.05, 0.1) is 7.11 Å². The van der Waals surface area contributed by atoms with E-state index in [4.69, 9.17) is 4.74 Å². The summed E-state index contributed by atoms with van der Waals surface area (Å²) in [7, 11) is 1.65. The minimum atomic E-state index is -0.766. The van der Waals surface area contributed by atoms with E-state index in [2.05, 4.69) is 11.4 Å². The number of nitrogens with zero attached hydrogens (tertiary/aromatic N) is 1. The number of rotatable bonds is 4. The zero-order chi connectivity index (χ0) is 13.8. The number of methoxy groups -OCH3 is 1. The smallest absolute Gasteiger partial charge is 0.322 e. The molecule has 0 radical (unpaired) electrons. The first-order valence-corrected chi connectivity index (χ1v) is 6.43. The Labute approximate surface area is 113 Å². The normalized spacial score (nSPS) is 20.2. The number of carbonyl (C=O) groups is 1. The fraction of sp³-hybridized carbons (Fsp3) is 0.500. The number of aryl methyl sites for hydroxylation is 1. The molecule has 1 heterocycles. The molecular formula is C14H20N2O3. The molecule has 1 fully saturated rings. The predicted molar refractivity (Wildman–Crippen MR) is 72.4 cm³/mol. The van der Waals surface area contributed by atoms with Gasteiger partial charge in [-0.3, -0.25) is 9.69 Å². The number of benzene rings is 1. The maximum atomic E-state index is 11.2. The molecule has 1 aromatic carbocycles. The van der Waals surface area contributed by atoms with E-state index in [-0.39, 0.29) is 0 Å². The standard InChI is InChI=1S/C14H20N2O3/c1-10-7-11(3-4-13(10)19-2)9-16-6-5-15-8-12(16)14(17)18/h3-4,7,12,15H,5-6,8-9H2,1-2H3,(H,17,18). The second-order valence-corrected chi connectivity index (χ2v) is 4.83. The summed E-state index contributed by atoms with van der Waals surface area (Å²) in [6, 6.07) is 5.53. The van der Waals surface area contributed by atoms with Crippen molar-refractivity contribution in [3.8, 4) is 5.75 Å². The summed E-state index contributed by atoms with van der Waals surface area (Å²) >= 11 is 0. The van der Waals surface area contributed by atoms with Crippen LogP contribution in [-0.4, -0.2) is 48.8 Å². The van der Waals surface area contributed by atoms with Gasteiger partial charge in [0.25, 0.3) is 0 Å². The van der Waals surface area contributed by atoms with Gasteiger partial charge in [0.15, 0.2) is 0 Å². The topological polar surface area (TPSA) is 61.8 Å². The molecule has 1 saturated heterocycles. The molecule has 0 aliphatic carbocycles. The number of hydrogen-bond donors (Lipinski definition) is 2. The number of carboxylic acid groups (broad SMARTS) is 1. The summed E-state index contributed by atoms with van der Waals surface area (Å²) in [5.74, 6) is 0.0938. The van der Waals surface area contributed by atoms with Crippen LogP contribution in [0.4, 0.5) is 0 Å². The number of carboxylic acids is 1. The minimum absolute atomic E-state index is 0.448. The van der Waals surface area contributed by atoms with E-state index in [1.54, 1.807) is 7.11 Å². The third kappa shape index (κ3) is 3.24. The molecule has 5 nitrogen and oxygen atoms in total. The summed E-state index contributed by atoms with van der Waals surface area (Å²) in [6.07, 6.45) is 0. The molecule has 0 saturated carbocycles. The molecule has 1 aliphatic heterocycles. The number of piperazine rings is 1. The molecule has 0 spiro atoms. The fourth-order valence-corrected chi connectivity index (χ4v) is 2.45. The van der Waals surface area contributed by atoms with Crippen LogP contribution < -0.4 is 10.1 Å². The molecule has 2 N–H and O–H groups in total. The van der Waals surface area contributed by atoms with Crippen LogP contribution in [0.2, 0.25) is 0 Å². The number of nitrogens with one attached hydrogen (secondary N) is 1. The van der Waals surface area contributed by atoms with Gasteiger partial charge in [-0.1, -0.05) is 12.1 Å². The summed E-state index contributed by atoms with van der Waals surface area (Å²) in [5, 5.41) is 12.3. The van der Waals surface area contributed by atoms with E-state index < -0.39 is 12.0 Å². The molecule has 104 valence electrons. The number of aliphatic carboxylic acids is 1. The molecule has 19 heavy (non-hydrogen) atoms. The monoisotopic (exact) mass is 264 g/mol. The highest BCUT2D eigenvalue weighted by molar-refractivity contribution is 5.74. The Hall–Kier alpha value is -1.59. The van der Waals surface area contributed by atoms with Crippen LogP contribution >= 0.6 is 0 Å². The van der Waals surface area contributed by atoms with Gasteiger partial charge in [0, 0.05) is 26.2 Å². The van der Waals surface area contributed by atoms with E-state index >= 15 is 0 Å². The first kappa shape index (κ1) is 13.8. The summed E-state index contributed by atoms with van der Waals surface area (Å²) in [6.45, 7) is 4.74. The van der Waals surface area contributed by atoms with Crippen molar-refractivity contribution in [2.24, 2.45) is 0 Å². The van der Waals surface area contributed by atoms with E-state index in [1.807, 2.05) is 24.0 Å². The first-order chi connectivity index (χ1) is 9.11. The third-order valence-corrected chi connectivity index (χ3v) is 3.48. The Kier molecular flexibility index (Phi) is 4.39. The minimum Gasteiger partial charge on any atom is -0.496 e. The number of hydrogen-bond acceptors (Lipinski definition) is 4. The van der Waals surface area contributed by atoms with E-state index in [1.165, 1.54) is 0 Å². The molecule has 0 aromatic heterocycles. The van der Waals surface area contributed by atoms with Crippen molar-refractivity contribution in [2.75, 3.05) is 26.7 Å². The average molecular weight is 264 g/mol. The van der Waals surface area contributed by atoms with Gasteiger partial charge < -0.3 is 15.2 Å². The van der Waals surface area contributed by atoms with Gasteiger partial charge in [-0.15, -0.1) is 0 Å². The highest BCUT2D eigenvalue weighted by atomic mass is 16.5. The van der Waals surface area contributed by atoms with Gasteiger partial charge in [0.2, 0.25) is 0 Å². The van der Waals surface area contributed by atoms with Crippen LogP contribution in [0.25, 0.3) is 0 Å². The van der Waals surface area contributed by atoms with E-state index in [9.17, 15) is 9.90 Å². The largest absolute Gasteiger partial charge is 0.496 e. The Morgan fingerprint density at radius 2 is 2.37 bits per heavy atom. The van der Waals surface area contributed by atoms with Crippen molar-refractivity contribution >= 4 is 5.97 Å². The van der Waals surface area contributed by atoms with Gasteiger partial charge in [0.1, 0.15) is 11.8 Å². The number of ether oxygens (including phenoxy) is 1. The lowest BCUT2D eigenvalue weighted by molar-refractivity contribution is -0.144. The van der Waals surface area contributed by atoms with E-state index in [0.717, 1.165) is 30.0 Å². The van der Waals surface area contributed by atoms with Crippen LogP contribution in [0, 0.1) is 6.92 Å². The summed E-state index contributed by atoms with van der Waals surface area (Å²) in [5.41, 5.74) is 2.19. The maximum absolute atomic E-state index is 11.2. The van der Waals surface area contributed by atoms with Crippen LogP contribution in [0.15, 0.2) is 18.2 Å². The van der Waals surface area contributed by atoms with Gasteiger partial charge in [-0.2, -0.15) is 0 Å². The van der Waals surface area contributed by atoms with Gasteiger partial charge in [-0.25, -0.2) is 0 Å². The van der Waals surface area contributed by atoms with Crippen LogP contribution in [0.5, 0.6) is 5.75 Å². The zero-order valence-corrected chi connectivity index (χ0v) is 11.3. The molecule has 0 bridgehead atoms. The Bertz CT molecular complexity index is 462. The molecule has 1 atom stereocenters. The van der Waals surface area contributed by atoms with Crippen LogP contribution in [-0.2, 0) is 11.3 Å². The lowest BCUT2D eigenvalue weighted by atomic mass is 10.1. The molecule has 5 heteroatoms. The van der Waals surface area contributed by atoms with Gasteiger partial charge in [-0.05, 0) is 24.1 Å². The highest BCUT2D eigenvalue weighted by Crippen LogP contribution is 2.20. The van der Waals surface area contributed by atoms with Crippen molar-refractivity contribution in [1.82, 2.24) is 10.2 Å². The molecule has 0 amide bonds. The summed E-state index contributed by atoms with van der Waals surface area (Å²) < 4.78 is 5.23. The summed E-state index contributed by atoms with van der Waals surface area (Å²) in [4.78, 5) is 13.2. The maximum Gasteiger partial charge on any atom is 0.322 e. The first-order valence-electron chi connectivity index (χ1n) is 6.43. The SMILES string of the molecule is COc1ccc(CN2CCNCC2C(=O)O)cc1C. The Morgan fingerprint density at radius 3 is 3.00 bits per heavy atom. The highest BCUT2D eigenvalue weighted by Gasteiger charge is 2.28. The Balaban J connectivity index is 2.10. The molecule has 1 unspecified atom stereocenters. The lowest BCUT2D eigenvalue weighted by Crippen LogP contribution is -2.54. The predicted octanol–water partition coefficient (Wildman–Crippen LogP) is 0.862. The Morgan fingerprint density at radius 1 is 1.58 bits per heavy atom. The van der Waals surface area contributed by atoms with Crippen molar-refractivity contribution in [1.29, 1.82) is 0 Å². The molecular weight excluding hydrogens is 244 g/mol. The average Bonchev–Trinajstić information content (AvgIpc) is 2.39. The quantitative estimate of drug-likeness (QED) is 0.844. The second kappa shape index (κ2) is 6.04. The fourth-order valence-electron chi connectivity index (χ4n) is 2.45. The van der Waals surface area contributed by atoms with Crippen molar-refractivity contribution < 1.29 is 14.6 Å². The molecule has 1 aromatic rings. The third-order valence-electron chi connectivity index (χ3n) is 3.48. The van der Waals surface area contributed by atoms with Crippen LogP contribution in [0.3, 0.4) is 0 Å². The van der Waals surface area contributed by atoms with Crippen molar-refractivity contribution in [3.63, 3.8) is 0 Å². The van der Waals surface area contributed by atoms with E-state index in [0.29, 0.717) is 13.1 Å². The molecule has 2 rings (SSSR count). The lowest BCUT2D eigenvalue weighted by Gasteiger charge is -2.33.